The van der Waals surface area contributed by atoms with Gasteiger partial charge in [0.1, 0.15) is 0 Å². The highest BCUT2D eigenvalue weighted by atomic mass is 32.2. The molecule has 0 saturated heterocycles. The number of nitrogens with zero attached hydrogens (tertiary/aromatic N) is 3. The summed E-state index contributed by atoms with van der Waals surface area (Å²) in [5.74, 6) is 0.246. The third-order valence-electron chi connectivity index (χ3n) is 2.85. The van der Waals surface area contributed by atoms with Crippen molar-refractivity contribution in [1.29, 1.82) is 0 Å². The zero-order valence-electron chi connectivity index (χ0n) is 11.4. The average molecular weight is 292 g/mol. The van der Waals surface area contributed by atoms with Gasteiger partial charge >= 0.3 is 5.69 Å². The highest BCUT2D eigenvalue weighted by molar-refractivity contribution is 7.99. The topological polar surface area (TPSA) is 71.0 Å². The second-order valence-corrected chi connectivity index (χ2v) is 5.34. The molecule has 1 N–H and O–H groups in total. The molecule has 6 nitrogen and oxygen atoms in total. The summed E-state index contributed by atoms with van der Waals surface area (Å²) in [6.45, 7) is 0.569. The van der Waals surface area contributed by atoms with E-state index < -0.39 is 0 Å². The molecular formula is C13H16N4O2S. The van der Waals surface area contributed by atoms with Gasteiger partial charge in [-0.25, -0.2) is 9.89 Å². The molecule has 0 fully saturated rings. The Morgan fingerprint density at radius 3 is 2.70 bits per heavy atom. The van der Waals surface area contributed by atoms with Gasteiger partial charge in [-0.1, -0.05) is 42.1 Å². The Labute approximate surface area is 120 Å². The number of carbonyl (C=O) groups excluding carboxylic acids is 1. The van der Waals surface area contributed by atoms with Crippen LogP contribution in [0.2, 0.25) is 0 Å². The van der Waals surface area contributed by atoms with Gasteiger partial charge in [-0.05, 0) is 5.56 Å². The van der Waals surface area contributed by atoms with Crippen molar-refractivity contribution in [2.75, 3.05) is 12.8 Å². The van der Waals surface area contributed by atoms with Crippen molar-refractivity contribution in [3.63, 3.8) is 0 Å². The Morgan fingerprint density at radius 2 is 2.10 bits per heavy atom. The first-order valence-electron chi connectivity index (χ1n) is 6.10. The van der Waals surface area contributed by atoms with Gasteiger partial charge in [0.05, 0.1) is 5.75 Å². The van der Waals surface area contributed by atoms with Gasteiger partial charge in [0, 0.05) is 20.6 Å². The Bertz CT molecular complexity index is 635. The summed E-state index contributed by atoms with van der Waals surface area (Å²) < 4.78 is 1.38. The SMILES string of the molecule is CN(Cc1ccccc1)C(=O)CSc1n[nH]c(=O)n1C. The number of aromatic amines is 1. The van der Waals surface area contributed by atoms with E-state index in [0.717, 1.165) is 5.56 Å². The molecule has 2 aromatic rings. The van der Waals surface area contributed by atoms with Crippen LogP contribution in [0.4, 0.5) is 0 Å². The lowest BCUT2D eigenvalue weighted by Gasteiger charge is -2.16. The highest BCUT2D eigenvalue weighted by Crippen LogP contribution is 2.13. The van der Waals surface area contributed by atoms with Crippen LogP contribution in [0.25, 0.3) is 0 Å². The number of carbonyl (C=O) groups is 1. The van der Waals surface area contributed by atoms with Gasteiger partial charge in [-0.3, -0.25) is 9.36 Å². The van der Waals surface area contributed by atoms with Gasteiger partial charge in [-0.15, -0.1) is 5.10 Å². The Balaban J connectivity index is 1.88. The second-order valence-electron chi connectivity index (χ2n) is 4.39. The molecule has 1 aromatic heterocycles. The lowest BCUT2D eigenvalue weighted by Crippen LogP contribution is -2.28. The van der Waals surface area contributed by atoms with Gasteiger partial charge in [0.2, 0.25) is 5.91 Å². The molecule has 1 aromatic carbocycles. The minimum absolute atomic E-state index is 0.00528. The third-order valence-corrected chi connectivity index (χ3v) is 3.87. The first-order chi connectivity index (χ1) is 9.58. The molecule has 0 spiro atoms. The third kappa shape index (κ3) is 3.51. The number of nitrogens with one attached hydrogen (secondary N) is 1. The fourth-order valence-corrected chi connectivity index (χ4v) is 2.50. The summed E-state index contributed by atoms with van der Waals surface area (Å²) in [6, 6.07) is 9.80. The van der Waals surface area contributed by atoms with E-state index in [1.807, 2.05) is 30.3 Å². The number of benzene rings is 1. The fraction of sp³-hybridized carbons (Fsp3) is 0.308. The molecule has 2 rings (SSSR count). The number of amides is 1. The molecule has 0 aliphatic heterocycles. The van der Waals surface area contributed by atoms with Crippen molar-refractivity contribution in [2.24, 2.45) is 7.05 Å². The van der Waals surface area contributed by atoms with Gasteiger partial charge < -0.3 is 4.90 Å². The van der Waals surface area contributed by atoms with Crippen LogP contribution in [0, 0.1) is 0 Å². The van der Waals surface area contributed by atoms with Crippen molar-refractivity contribution in [3.05, 3.63) is 46.4 Å². The summed E-state index contributed by atoms with van der Waals surface area (Å²) in [5, 5.41) is 6.70. The summed E-state index contributed by atoms with van der Waals surface area (Å²) in [7, 11) is 3.38. The van der Waals surface area contributed by atoms with E-state index in [1.165, 1.54) is 16.3 Å². The standard InChI is InChI=1S/C13H16N4O2S/c1-16(8-10-6-4-3-5-7-10)11(18)9-20-13-15-14-12(19)17(13)2/h3-7H,8-9H2,1-2H3,(H,14,19). The molecule has 1 heterocycles. The Hall–Kier alpha value is -2.02. The van der Waals surface area contributed by atoms with E-state index >= 15 is 0 Å². The number of rotatable bonds is 5. The summed E-state index contributed by atoms with van der Waals surface area (Å²) in [4.78, 5) is 24.9. The van der Waals surface area contributed by atoms with Crippen LogP contribution in [-0.2, 0) is 18.4 Å². The van der Waals surface area contributed by atoms with Crippen LogP contribution in [0.15, 0.2) is 40.3 Å². The number of thioether (sulfide) groups is 1. The van der Waals surface area contributed by atoms with E-state index in [9.17, 15) is 9.59 Å². The van der Waals surface area contributed by atoms with E-state index in [1.54, 1.807) is 19.0 Å². The second kappa shape index (κ2) is 6.42. The molecule has 7 heteroatoms. The quantitative estimate of drug-likeness (QED) is 0.830. The van der Waals surface area contributed by atoms with Crippen LogP contribution >= 0.6 is 11.8 Å². The van der Waals surface area contributed by atoms with Crippen molar-refractivity contribution in [3.8, 4) is 0 Å². The molecule has 0 radical (unpaired) electrons. The number of aromatic nitrogens is 3. The lowest BCUT2D eigenvalue weighted by molar-refractivity contribution is -0.127. The minimum atomic E-state index is -0.280. The van der Waals surface area contributed by atoms with E-state index in [2.05, 4.69) is 10.2 Å². The smallest absolute Gasteiger partial charge is 0.341 e. The molecule has 0 bridgehead atoms. The van der Waals surface area contributed by atoms with Crippen LogP contribution in [0.3, 0.4) is 0 Å². The zero-order valence-corrected chi connectivity index (χ0v) is 12.2. The van der Waals surface area contributed by atoms with Crippen molar-refractivity contribution in [1.82, 2.24) is 19.7 Å². The average Bonchev–Trinajstić information content (AvgIpc) is 2.77. The maximum atomic E-state index is 12.0. The molecule has 0 aliphatic carbocycles. The molecule has 20 heavy (non-hydrogen) atoms. The van der Waals surface area contributed by atoms with E-state index in [4.69, 9.17) is 0 Å². The molecule has 106 valence electrons. The maximum Gasteiger partial charge on any atom is 0.343 e. The van der Waals surface area contributed by atoms with Crippen LogP contribution in [-0.4, -0.2) is 38.4 Å². The van der Waals surface area contributed by atoms with Gasteiger partial charge in [-0.2, -0.15) is 0 Å². The number of H-pyrrole nitrogens is 1. The first-order valence-corrected chi connectivity index (χ1v) is 7.08. The predicted molar refractivity (Wildman–Crippen MR) is 77.5 cm³/mol. The predicted octanol–water partition coefficient (Wildman–Crippen LogP) is 0.859. The Kier molecular flexibility index (Phi) is 4.62. The molecule has 1 amide bonds. The molecular weight excluding hydrogens is 276 g/mol. The molecule has 0 unspecified atom stereocenters. The molecule has 0 saturated carbocycles. The zero-order chi connectivity index (χ0) is 14.5. The van der Waals surface area contributed by atoms with E-state index in [0.29, 0.717) is 11.7 Å². The molecule has 0 atom stereocenters. The summed E-state index contributed by atoms with van der Waals surface area (Å²) in [5.41, 5.74) is 0.804. The van der Waals surface area contributed by atoms with Gasteiger partial charge in [0.15, 0.2) is 5.16 Å². The first kappa shape index (κ1) is 14.4. The van der Waals surface area contributed by atoms with Crippen LogP contribution in [0.1, 0.15) is 5.56 Å². The minimum Gasteiger partial charge on any atom is -0.341 e. The number of hydrogen-bond acceptors (Lipinski definition) is 4. The normalized spacial score (nSPS) is 10.5. The number of hydrogen-bond donors (Lipinski definition) is 1. The fourth-order valence-electron chi connectivity index (χ4n) is 1.64. The summed E-state index contributed by atoms with van der Waals surface area (Å²) >= 11 is 1.24. The Morgan fingerprint density at radius 1 is 1.40 bits per heavy atom. The van der Waals surface area contributed by atoms with Crippen LogP contribution in [0.5, 0.6) is 0 Å². The van der Waals surface area contributed by atoms with Gasteiger partial charge in [0.25, 0.3) is 0 Å². The van der Waals surface area contributed by atoms with Crippen molar-refractivity contribution < 1.29 is 4.79 Å². The highest BCUT2D eigenvalue weighted by Gasteiger charge is 2.12. The van der Waals surface area contributed by atoms with Crippen LogP contribution < -0.4 is 5.69 Å². The molecule has 0 aliphatic rings. The van der Waals surface area contributed by atoms with E-state index in [-0.39, 0.29) is 17.3 Å². The van der Waals surface area contributed by atoms with Crippen molar-refractivity contribution in [2.45, 2.75) is 11.7 Å². The van der Waals surface area contributed by atoms with Crippen molar-refractivity contribution >= 4 is 17.7 Å². The maximum absolute atomic E-state index is 12.0. The largest absolute Gasteiger partial charge is 0.343 e. The lowest BCUT2D eigenvalue weighted by atomic mass is 10.2. The summed E-state index contributed by atoms with van der Waals surface area (Å²) in [6.07, 6.45) is 0. The monoisotopic (exact) mass is 292 g/mol.